The second-order valence-electron chi connectivity index (χ2n) is 4.01. The minimum absolute atomic E-state index is 0.0545. The molecule has 2 amide bonds. The van der Waals surface area contributed by atoms with Gasteiger partial charge in [-0.2, -0.15) is 0 Å². The van der Waals surface area contributed by atoms with Crippen LogP contribution in [-0.4, -0.2) is 53.3 Å². The molecule has 0 aliphatic carbocycles. The molecule has 1 aromatic rings. The number of hydrogen-bond donors (Lipinski definition) is 0. The van der Waals surface area contributed by atoms with Crippen molar-refractivity contribution in [3.05, 3.63) is 28.0 Å². The van der Waals surface area contributed by atoms with Gasteiger partial charge in [0.15, 0.2) is 0 Å². The average molecular weight is 288 g/mol. The number of aromatic nitrogens is 1. The zero-order chi connectivity index (χ0) is 13.3. The lowest BCUT2D eigenvalue weighted by Crippen LogP contribution is -2.50. The molecule has 1 fully saturated rings. The number of halogens is 2. The van der Waals surface area contributed by atoms with E-state index in [1.807, 2.05) is 0 Å². The van der Waals surface area contributed by atoms with Crippen molar-refractivity contribution in [3.63, 3.8) is 0 Å². The van der Waals surface area contributed by atoms with E-state index >= 15 is 0 Å². The predicted molar refractivity (Wildman–Crippen MR) is 67.8 cm³/mol. The molecule has 0 radical (unpaired) electrons. The van der Waals surface area contributed by atoms with Crippen molar-refractivity contribution in [1.29, 1.82) is 0 Å². The van der Waals surface area contributed by atoms with Crippen LogP contribution in [0.15, 0.2) is 12.1 Å². The fraction of sp³-hybridized carbons (Fsp3) is 0.364. The summed E-state index contributed by atoms with van der Waals surface area (Å²) in [6, 6.07) is 3.02. The highest BCUT2D eigenvalue weighted by Gasteiger charge is 2.27. The van der Waals surface area contributed by atoms with Crippen molar-refractivity contribution in [3.8, 4) is 0 Å². The lowest BCUT2D eigenvalue weighted by Gasteiger charge is -2.32. The van der Waals surface area contributed by atoms with Gasteiger partial charge < -0.3 is 9.80 Å². The molecular weight excluding hydrogens is 277 g/mol. The molecule has 0 N–H and O–H groups in total. The van der Waals surface area contributed by atoms with Crippen LogP contribution in [0.25, 0.3) is 0 Å². The van der Waals surface area contributed by atoms with E-state index in [2.05, 4.69) is 4.98 Å². The third-order valence-electron chi connectivity index (χ3n) is 2.79. The molecule has 0 bridgehead atoms. The standard InChI is InChI=1S/C11H11Cl2N3O2/c1-15-4-5-16(6-9(15)17)11(18)7-2-3-8(12)14-10(7)13/h2-3H,4-6H2,1H3. The molecule has 2 rings (SSSR count). The number of piperazine rings is 1. The summed E-state index contributed by atoms with van der Waals surface area (Å²) in [5.74, 6) is -0.390. The molecule has 0 spiro atoms. The van der Waals surface area contributed by atoms with E-state index in [1.54, 1.807) is 11.9 Å². The maximum Gasteiger partial charge on any atom is 0.257 e. The van der Waals surface area contributed by atoms with Gasteiger partial charge in [-0.05, 0) is 12.1 Å². The normalized spacial score (nSPS) is 16.1. The van der Waals surface area contributed by atoms with E-state index in [0.29, 0.717) is 13.1 Å². The van der Waals surface area contributed by atoms with Crippen molar-refractivity contribution in [1.82, 2.24) is 14.8 Å². The Morgan fingerprint density at radius 3 is 2.67 bits per heavy atom. The molecule has 1 saturated heterocycles. The first-order valence-corrected chi connectivity index (χ1v) is 6.10. The highest BCUT2D eigenvalue weighted by Crippen LogP contribution is 2.19. The molecule has 0 saturated carbocycles. The third-order valence-corrected chi connectivity index (χ3v) is 3.29. The van der Waals surface area contributed by atoms with Gasteiger partial charge in [-0.1, -0.05) is 23.2 Å². The molecule has 96 valence electrons. The molecule has 1 aliphatic rings. The molecule has 2 heterocycles. The summed E-state index contributed by atoms with van der Waals surface area (Å²) in [6.45, 7) is 1.07. The lowest BCUT2D eigenvalue weighted by molar-refractivity contribution is -0.133. The van der Waals surface area contributed by atoms with Crippen LogP contribution in [0.3, 0.4) is 0 Å². The van der Waals surface area contributed by atoms with Gasteiger partial charge in [0, 0.05) is 20.1 Å². The maximum absolute atomic E-state index is 12.2. The number of hydrogen-bond acceptors (Lipinski definition) is 3. The Morgan fingerprint density at radius 1 is 1.33 bits per heavy atom. The van der Waals surface area contributed by atoms with Gasteiger partial charge in [0.1, 0.15) is 16.9 Å². The highest BCUT2D eigenvalue weighted by molar-refractivity contribution is 6.34. The second-order valence-corrected chi connectivity index (χ2v) is 4.76. The molecule has 0 aromatic carbocycles. The van der Waals surface area contributed by atoms with E-state index in [9.17, 15) is 9.59 Å². The zero-order valence-electron chi connectivity index (χ0n) is 9.69. The molecule has 0 unspecified atom stereocenters. The topological polar surface area (TPSA) is 53.5 Å². The first kappa shape index (κ1) is 13.1. The van der Waals surface area contributed by atoms with Crippen LogP contribution in [0.4, 0.5) is 0 Å². The number of amides is 2. The van der Waals surface area contributed by atoms with E-state index in [-0.39, 0.29) is 34.2 Å². The van der Waals surface area contributed by atoms with Crippen molar-refractivity contribution in [2.24, 2.45) is 0 Å². The van der Waals surface area contributed by atoms with Crippen LogP contribution in [0.2, 0.25) is 10.3 Å². The van der Waals surface area contributed by atoms with Crippen LogP contribution >= 0.6 is 23.2 Å². The molecule has 18 heavy (non-hydrogen) atoms. The number of pyridine rings is 1. The molecule has 1 aliphatic heterocycles. The molecular formula is C11H11Cl2N3O2. The molecule has 5 nitrogen and oxygen atoms in total. The largest absolute Gasteiger partial charge is 0.342 e. The Hall–Kier alpha value is -1.33. The fourth-order valence-corrected chi connectivity index (χ4v) is 2.10. The van der Waals surface area contributed by atoms with Crippen molar-refractivity contribution >= 4 is 35.0 Å². The second kappa shape index (κ2) is 5.12. The summed E-state index contributed by atoms with van der Waals surface area (Å²) in [5, 5.41) is 0.282. The van der Waals surface area contributed by atoms with Gasteiger partial charge >= 0.3 is 0 Å². The van der Waals surface area contributed by atoms with Gasteiger partial charge in [-0.25, -0.2) is 4.98 Å². The minimum Gasteiger partial charge on any atom is -0.342 e. The van der Waals surface area contributed by atoms with Gasteiger partial charge in [-0.3, -0.25) is 9.59 Å². The molecule has 1 aromatic heterocycles. The summed E-state index contributed by atoms with van der Waals surface area (Å²) in [6.07, 6.45) is 0. The van der Waals surface area contributed by atoms with Crippen LogP contribution in [0.1, 0.15) is 10.4 Å². The molecule has 0 atom stereocenters. The summed E-state index contributed by atoms with van der Waals surface area (Å²) >= 11 is 11.5. The number of carbonyl (C=O) groups is 2. The van der Waals surface area contributed by atoms with Crippen molar-refractivity contribution in [2.75, 3.05) is 26.7 Å². The number of rotatable bonds is 1. The van der Waals surface area contributed by atoms with Crippen LogP contribution in [0, 0.1) is 0 Å². The maximum atomic E-state index is 12.2. The van der Waals surface area contributed by atoms with Gasteiger partial charge in [0.2, 0.25) is 5.91 Å². The van der Waals surface area contributed by atoms with E-state index in [0.717, 1.165) is 0 Å². The predicted octanol–water partition coefficient (Wildman–Crippen LogP) is 1.30. The fourth-order valence-electron chi connectivity index (χ4n) is 1.67. The Balaban J connectivity index is 2.19. The quantitative estimate of drug-likeness (QED) is 0.732. The number of carbonyl (C=O) groups excluding carboxylic acids is 2. The summed E-state index contributed by atoms with van der Waals surface area (Å²) in [5.41, 5.74) is 0.262. The zero-order valence-corrected chi connectivity index (χ0v) is 11.2. The summed E-state index contributed by atoms with van der Waals surface area (Å²) in [4.78, 5) is 30.6. The van der Waals surface area contributed by atoms with Gasteiger partial charge in [-0.15, -0.1) is 0 Å². The summed E-state index contributed by atoms with van der Waals surface area (Å²) < 4.78 is 0. The van der Waals surface area contributed by atoms with Gasteiger partial charge in [0.05, 0.1) is 5.56 Å². The Labute approximate surface area is 114 Å². The van der Waals surface area contributed by atoms with Crippen LogP contribution in [-0.2, 0) is 4.79 Å². The third kappa shape index (κ3) is 2.57. The Bertz CT molecular complexity index is 507. The van der Waals surface area contributed by atoms with Crippen molar-refractivity contribution in [2.45, 2.75) is 0 Å². The van der Waals surface area contributed by atoms with E-state index < -0.39 is 0 Å². The Kier molecular flexibility index (Phi) is 3.73. The monoisotopic (exact) mass is 287 g/mol. The first-order valence-electron chi connectivity index (χ1n) is 5.34. The minimum atomic E-state index is -0.300. The van der Waals surface area contributed by atoms with E-state index in [4.69, 9.17) is 23.2 Å². The number of nitrogens with zero attached hydrogens (tertiary/aromatic N) is 3. The van der Waals surface area contributed by atoms with E-state index in [1.165, 1.54) is 17.0 Å². The Morgan fingerprint density at radius 2 is 2.06 bits per heavy atom. The lowest BCUT2D eigenvalue weighted by atomic mass is 10.2. The smallest absolute Gasteiger partial charge is 0.257 e. The number of likely N-dealkylation sites (N-methyl/N-ethyl adjacent to an activating group) is 1. The highest BCUT2D eigenvalue weighted by atomic mass is 35.5. The van der Waals surface area contributed by atoms with Crippen LogP contribution < -0.4 is 0 Å². The average Bonchev–Trinajstić information content (AvgIpc) is 2.32. The molecule has 7 heteroatoms. The van der Waals surface area contributed by atoms with Crippen molar-refractivity contribution < 1.29 is 9.59 Å². The first-order chi connectivity index (χ1) is 8.49. The summed E-state index contributed by atoms with van der Waals surface area (Å²) in [7, 11) is 1.71. The SMILES string of the molecule is CN1CCN(C(=O)c2ccc(Cl)nc2Cl)CC1=O. The van der Waals surface area contributed by atoms with Crippen LogP contribution in [0.5, 0.6) is 0 Å². The van der Waals surface area contributed by atoms with Gasteiger partial charge in [0.25, 0.3) is 5.91 Å².